The van der Waals surface area contributed by atoms with E-state index < -0.39 is 0 Å². The van der Waals surface area contributed by atoms with Crippen molar-refractivity contribution in [3.05, 3.63) is 35.2 Å². The number of benzene rings is 1. The van der Waals surface area contributed by atoms with Crippen molar-refractivity contribution < 1.29 is 9.32 Å². The summed E-state index contributed by atoms with van der Waals surface area (Å²) in [5.41, 5.74) is 0.862. The lowest BCUT2D eigenvalue weighted by atomic mass is 10.1. The Morgan fingerprint density at radius 3 is 2.66 bits per heavy atom. The van der Waals surface area contributed by atoms with Crippen LogP contribution in [-0.2, 0) is 11.2 Å². The fraction of sp³-hybridized carbons (Fsp3) is 0.524. The molecule has 1 saturated heterocycles. The molecule has 1 aromatic heterocycles. The third-order valence-electron chi connectivity index (χ3n) is 5.08. The monoisotopic (exact) mass is 575 g/mol. The molecule has 176 valence electrons. The van der Waals surface area contributed by atoms with Gasteiger partial charge >= 0.3 is 0 Å². The quantitative estimate of drug-likeness (QED) is 0.252. The number of carbonyl (C=O) groups is 1. The second-order valence-electron chi connectivity index (χ2n) is 7.40. The number of guanidine groups is 1. The molecule has 1 fully saturated rings. The van der Waals surface area contributed by atoms with Crippen molar-refractivity contribution in [1.82, 2.24) is 31.0 Å². The van der Waals surface area contributed by atoms with Crippen LogP contribution in [0, 0.1) is 0 Å². The van der Waals surface area contributed by atoms with Crippen LogP contribution in [0.15, 0.2) is 33.8 Å². The highest BCUT2D eigenvalue weighted by Gasteiger charge is 2.21. The minimum absolute atomic E-state index is 0. The van der Waals surface area contributed by atoms with Crippen molar-refractivity contribution in [2.75, 3.05) is 39.8 Å². The zero-order valence-corrected chi connectivity index (χ0v) is 21.5. The number of likely N-dealkylation sites (tertiary alicyclic amines) is 1. The van der Waals surface area contributed by atoms with E-state index in [1.807, 2.05) is 19.1 Å². The van der Waals surface area contributed by atoms with Crippen LogP contribution >= 0.6 is 35.6 Å². The number of amides is 1. The zero-order chi connectivity index (χ0) is 22.1. The molecule has 0 saturated carbocycles. The summed E-state index contributed by atoms with van der Waals surface area (Å²) < 4.78 is 5.35. The van der Waals surface area contributed by atoms with Gasteiger partial charge in [0.15, 0.2) is 5.96 Å². The number of hydrogen-bond donors (Lipinski definition) is 3. The first kappa shape index (κ1) is 26.3. The molecule has 0 bridgehead atoms. The highest BCUT2D eigenvalue weighted by Crippen LogP contribution is 2.18. The van der Waals surface area contributed by atoms with Gasteiger partial charge in [-0.25, -0.2) is 0 Å². The number of carbonyl (C=O) groups excluding carboxylic acids is 1. The summed E-state index contributed by atoms with van der Waals surface area (Å²) in [5.74, 6) is 1.93. The maximum absolute atomic E-state index is 11.5. The lowest BCUT2D eigenvalue weighted by Crippen LogP contribution is -2.50. The van der Waals surface area contributed by atoms with E-state index in [4.69, 9.17) is 16.1 Å². The normalized spacial score (nSPS) is 15.2. The second-order valence-corrected chi connectivity index (χ2v) is 7.83. The maximum atomic E-state index is 11.5. The molecule has 11 heteroatoms. The molecule has 3 N–H and O–H groups in total. The standard InChI is InChI=1S/C21H30ClN7O2.HI/c1-3-24-21(26-17-9-12-29(13-10-17)14-18(30)23-2)25-11-8-19-27-20(28-31-19)15-4-6-16(22)7-5-15;/h4-7,17H,3,8-14H2,1-2H3,(H,23,30)(H2,24,25,26);1H. The van der Waals surface area contributed by atoms with E-state index >= 15 is 0 Å². The first-order chi connectivity index (χ1) is 15.1. The van der Waals surface area contributed by atoms with Gasteiger partial charge in [0.25, 0.3) is 0 Å². The van der Waals surface area contributed by atoms with Gasteiger partial charge in [0.1, 0.15) is 0 Å². The summed E-state index contributed by atoms with van der Waals surface area (Å²) in [6, 6.07) is 7.66. The van der Waals surface area contributed by atoms with E-state index in [1.54, 1.807) is 19.2 Å². The fourth-order valence-corrected chi connectivity index (χ4v) is 3.49. The number of piperidine rings is 1. The molecule has 1 aromatic carbocycles. The molecule has 3 rings (SSSR count). The Morgan fingerprint density at radius 1 is 1.28 bits per heavy atom. The van der Waals surface area contributed by atoms with Crippen LogP contribution in [0.2, 0.25) is 5.02 Å². The van der Waals surface area contributed by atoms with Gasteiger partial charge < -0.3 is 20.5 Å². The van der Waals surface area contributed by atoms with Gasteiger partial charge in [0.05, 0.1) is 13.1 Å². The summed E-state index contributed by atoms with van der Waals surface area (Å²) in [7, 11) is 1.67. The predicted octanol–water partition coefficient (Wildman–Crippen LogP) is 2.32. The molecular weight excluding hydrogens is 545 g/mol. The zero-order valence-electron chi connectivity index (χ0n) is 18.4. The number of likely N-dealkylation sites (N-methyl/N-ethyl adjacent to an activating group) is 1. The average molecular weight is 576 g/mol. The number of rotatable bonds is 8. The van der Waals surface area contributed by atoms with Crippen LogP contribution in [0.1, 0.15) is 25.7 Å². The van der Waals surface area contributed by atoms with Gasteiger partial charge in [-0.2, -0.15) is 4.98 Å². The van der Waals surface area contributed by atoms with E-state index in [0.717, 1.165) is 44.0 Å². The molecule has 2 heterocycles. The molecule has 0 spiro atoms. The van der Waals surface area contributed by atoms with E-state index in [-0.39, 0.29) is 29.9 Å². The molecule has 1 aliphatic heterocycles. The van der Waals surface area contributed by atoms with E-state index in [0.29, 0.717) is 42.3 Å². The third-order valence-corrected chi connectivity index (χ3v) is 5.34. The highest BCUT2D eigenvalue weighted by atomic mass is 127. The molecule has 9 nitrogen and oxygen atoms in total. The summed E-state index contributed by atoms with van der Waals surface area (Å²) >= 11 is 5.92. The molecule has 1 amide bonds. The summed E-state index contributed by atoms with van der Waals surface area (Å²) in [5, 5.41) is 14.2. The van der Waals surface area contributed by atoms with Crippen molar-refractivity contribution in [3.8, 4) is 11.4 Å². The largest absolute Gasteiger partial charge is 0.358 e. The van der Waals surface area contributed by atoms with Crippen LogP contribution in [-0.4, -0.2) is 72.7 Å². The van der Waals surface area contributed by atoms with Gasteiger partial charge in [0, 0.05) is 49.7 Å². The average Bonchev–Trinajstić information content (AvgIpc) is 3.24. The second kappa shape index (κ2) is 13.6. The molecule has 0 radical (unpaired) electrons. The molecule has 32 heavy (non-hydrogen) atoms. The smallest absolute Gasteiger partial charge is 0.233 e. The Bertz CT molecular complexity index is 867. The Balaban J connectivity index is 0.00000363. The Labute approximate surface area is 210 Å². The SMILES string of the molecule is CCNC(=NCCc1nc(-c2ccc(Cl)cc2)no1)NC1CCN(CC(=O)NC)CC1.I. The van der Waals surface area contributed by atoms with Crippen molar-refractivity contribution in [3.63, 3.8) is 0 Å². The van der Waals surface area contributed by atoms with Crippen molar-refractivity contribution >= 4 is 47.4 Å². The number of hydrogen-bond acceptors (Lipinski definition) is 6. The van der Waals surface area contributed by atoms with E-state index in [1.165, 1.54) is 0 Å². The van der Waals surface area contributed by atoms with E-state index in [2.05, 4.69) is 36.0 Å². The minimum atomic E-state index is 0. The molecule has 0 atom stereocenters. The van der Waals surface area contributed by atoms with Gasteiger partial charge in [0.2, 0.25) is 17.6 Å². The van der Waals surface area contributed by atoms with Crippen LogP contribution < -0.4 is 16.0 Å². The van der Waals surface area contributed by atoms with Crippen LogP contribution in [0.3, 0.4) is 0 Å². The topological polar surface area (TPSA) is 108 Å². The number of nitrogens with zero attached hydrogens (tertiary/aromatic N) is 4. The van der Waals surface area contributed by atoms with Crippen molar-refractivity contribution in [2.24, 2.45) is 4.99 Å². The highest BCUT2D eigenvalue weighted by molar-refractivity contribution is 14.0. The number of nitrogens with one attached hydrogen (secondary N) is 3. The van der Waals surface area contributed by atoms with Crippen LogP contribution in [0.5, 0.6) is 0 Å². The molecule has 2 aromatic rings. The first-order valence-corrected chi connectivity index (χ1v) is 11.0. The maximum Gasteiger partial charge on any atom is 0.233 e. The van der Waals surface area contributed by atoms with Crippen LogP contribution in [0.4, 0.5) is 0 Å². The lowest BCUT2D eigenvalue weighted by Gasteiger charge is -2.32. The summed E-state index contributed by atoms with van der Waals surface area (Å²) in [4.78, 5) is 22.8. The van der Waals surface area contributed by atoms with Crippen molar-refractivity contribution in [2.45, 2.75) is 32.2 Å². The third kappa shape index (κ3) is 8.21. The molecular formula is C21H31ClIN7O2. The van der Waals surface area contributed by atoms with Crippen LogP contribution in [0.25, 0.3) is 11.4 Å². The van der Waals surface area contributed by atoms with Crippen molar-refractivity contribution in [1.29, 1.82) is 0 Å². The molecule has 1 aliphatic rings. The minimum Gasteiger partial charge on any atom is -0.358 e. The number of aliphatic imine (C=N–C) groups is 1. The van der Waals surface area contributed by atoms with Gasteiger partial charge in [-0.15, -0.1) is 24.0 Å². The number of aromatic nitrogens is 2. The Kier molecular flexibility index (Phi) is 11.2. The fourth-order valence-electron chi connectivity index (χ4n) is 3.37. The first-order valence-electron chi connectivity index (χ1n) is 10.6. The van der Waals surface area contributed by atoms with E-state index in [9.17, 15) is 4.79 Å². The van der Waals surface area contributed by atoms with Gasteiger partial charge in [-0.3, -0.25) is 14.7 Å². The van der Waals surface area contributed by atoms with Gasteiger partial charge in [-0.1, -0.05) is 16.8 Å². The summed E-state index contributed by atoms with van der Waals surface area (Å²) in [6.45, 7) is 5.59. The summed E-state index contributed by atoms with van der Waals surface area (Å²) in [6.07, 6.45) is 2.49. The number of halogens is 2. The predicted molar refractivity (Wildman–Crippen MR) is 137 cm³/mol. The Hall–Kier alpha value is -1.92. The Morgan fingerprint density at radius 2 is 2.00 bits per heavy atom. The molecule has 0 aliphatic carbocycles. The lowest BCUT2D eigenvalue weighted by molar-refractivity contribution is -0.122. The molecule has 0 unspecified atom stereocenters. The van der Waals surface area contributed by atoms with Gasteiger partial charge in [-0.05, 0) is 44.0 Å².